The topological polar surface area (TPSA) is 80.9 Å². The number of thiophene rings is 1. The number of carbonyl (C=O) groups excluding carboxylic acids is 1. The molecule has 9 heteroatoms. The predicted molar refractivity (Wildman–Crippen MR) is 115 cm³/mol. The van der Waals surface area contributed by atoms with E-state index in [-0.39, 0.29) is 17.7 Å². The highest BCUT2D eigenvalue weighted by Crippen LogP contribution is 2.26. The Kier molecular flexibility index (Phi) is 6.38. The van der Waals surface area contributed by atoms with Gasteiger partial charge in [0.2, 0.25) is 11.8 Å². The molecular weight excluding hydrogens is 424 g/mol. The number of thiazole rings is 1. The number of benzene rings is 1. The molecule has 4 rings (SSSR count). The zero-order valence-corrected chi connectivity index (χ0v) is 18.0. The molecule has 0 unspecified atom stereocenters. The summed E-state index contributed by atoms with van der Waals surface area (Å²) in [7, 11) is 0. The van der Waals surface area contributed by atoms with E-state index in [4.69, 9.17) is 4.42 Å². The van der Waals surface area contributed by atoms with Gasteiger partial charge in [-0.25, -0.2) is 4.98 Å². The van der Waals surface area contributed by atoms with Crippen LogP contribution in [0.1, 0.15) is 33.1 Å². The van der Waals surface area contributed by atoms with Crippen molar-refractivity contribution in [1.29, 1.82) is 0 Å². The molecule has 3 aromatic heterocycles. The lowest BCUT2D eigenvalue weighted by molar-refractivity contribution is -0.119. The Balaban J connectivity index is 1.35. The third kappa shape index (κ3) is 5.31. The van der Waals surface area contributed by atoms with Gasteiger partial charge in [-0.3, -0.25) is 4.79 Å². The molecule has 3 heterocycles. The number of rotatable bonds is 8. The number of hydrogen-bond donors (Lipinski definition) is 1. The molecule has 148 valence electrons. The fourth-order valence-electron chi connectivity index (χ4n) is 2.76. The second kappa shape index (κ2) is 9.34. The maximum atomic E-state index is 12.6. The van der Waals surface area contributed by atoms with Crippen molar-refractivity contribution in [2.45, 2.75) is 24.6 Å². The van der Waals surface area contributed by atoms with E-state index in [1.807, 2.05) is 60.1 Å². The maximum absolute atomic E-state index is 12.6. The molecule has 0 aliphatic carbocycles. The maximum Gasteiger partial charge on any atom is 0.277 e. The van der Waals surface area contributed by atoms with Crippen molar-refractivity contribution in [3.05, 3.63) is 80.3 Å². The van der Waals surface area contributed by atoms with Crippen molar-refractivity contribution in [2.24, 2.45) is 0 Å². The quantitative estimate of drug-likeness (QED) is 0.405. The van der Waals surface area contributed by atoms with E-state index in [9.17, 15) is 4.79 Å². The number of carbonyl (C=O) groups is 1. The lowest BCUT2D eigenvalue weighted by Crippen LogP contribution is -2.30. The molecule has 0 aliphatic heterocycles. The van der Waals surface area contributed by atoms with Gasteiger partial charge in [-0.1, -0.05) is 48.2 Å². The SMILES string of the molecule is Cc1nc(Cc2nnc(SCC(=O)N[C@@H](c3ccccc3)c3cccs3)o2)cs1. The third-order valence-electron chi connectivity index (χ3n) is 4.04. The van der Waals surface area contributed by atoms with Gasteiger partial charge in [0.15, 0.2) is 0 Å². The fraction of sp³-hybridized carbons (Fsp3) is 0.200. The molecule has 1 atom stereocenters. The lowest BCUT2D eigenvalue weighted by Gasteiger charge is -2.17. The van der Waals surface area contributed by atoms with E-state index in [0.717, 1.165) is 21.1 Å². The minimum atomic E-state index is -0.171. The summed E-state index contributed by atoms with van der Waals surface area (Å²) in [6.07, 6.45) is 0.499. The highest BCUT2D eigenvalue weighted by Gasteiger charge is 2.18. The first kappa shape index (κ1) is 19.8. The molecule has 4 aromatic rings. The van der Waals surface area contributed by atoms with Crippen LogP contribution in [0.3, 0.4) is 0 Å². The molecule has 0 saturated carbocycles. The smallest absolute Gasteiger partial charge is 0.277 e. The summed E-state index contributed by atoms with van der Waals surface area (Å²) in [4.78, 5) is 18.1. The predicted octanol–water partition coefficient (Wildman–Crippen LogP) is 4.48. The number of aromatic nitrogens is 3. The van der Waals surface area contributed by atoms with Gasteiger partial charge in [0.25, 0.3) is 5.22 Å². The summed E-state index contributed by atoms with van der Waals surface area (Å²) < 4.78 is 5.64. The second-order valence-electron chi connectivity index (χ2n) is 6.21. The highest BCUT2D eigenvalue weighted by atomic mass is 32.2. The number of aryl methyl sites for hydroxylation is 1. The molecule has 29 heavy (non-hydrogen) atoms. The monoisotopic (exact) mass is 442 g/mol. The first-order valence-corrected chi connectivity index (χ1v) is 11.7. The summed E-state index contributed by atoms with van der Waals surface area (Å²) in [5, 5.41) is 16.6. The van der Waals surface area contributed by atoms with Crippen molar-refractivity contribution in [1.82, 2.24) is 20.5 Å². The van der Waals surface area contributed by atoms with E-state index < -0.39 is 0 Å². The molecule has 6 nitrogen and oxygen atoms in total. The van der Waals surface area contributed by atoms with Gasteiger partial charge in [-0.05, 0) is 23.9 Å². The molecular formula is C20H18N4O2S3. The molecule has 1 N–H and O–H groups in total. The van der Waals surface area contributed by atoms with Crippen molar-refractivity contribution in [2.75, 3.05) is 5.75 Å². The van der Waals surface area contributed by atoms with Crippen LogP contribution in [0, 0.1) is 6.92 Å². The number of thioether (sulfide) groups is 1. The standard InChI is InChI=1S/C20H18N4O2S3/c1-13-21-15(11-28-13)10-18-23-24-20(26-18)29-12-17(25)22-19(16-8-5-9-27-16)14-6-3-2-4-7-14/h2-9,11,19H,10,12H2,1H3,(H,22,25)/t19-/m0/s1. The Hall–Kier alpha value is -2.49. The van der Waals surface area contributed by atoms with Crippen LogP contribution in [-0.2, 0) is 11.2 Å². The van der Waals surface area contributed by atoms with Crippen LogP contribution in [-0.4, -0.2) is 26.8 Å². The first-order chi connectivity index (χ1) is 14.2. The summed E-state index contributed by atoms with van der Waals surface area (Å²) in [5.41, 5.74) is 1.96. The second-order valence-corrected chi connectivity index (χ2v) is 9.18. The number of nitrogens with zero attached hydrogens (tertiary/aromatic N) is 3. The Morgan fingerprint density at radius 1 is 1.17 bits per heavy atom. The van der Waals surface area contributed by atoms with E-state index in [2.05, 4.69) is 20.5 Å². The first-order valence-electron chi connectivity index (χ1n) is 8.91. The van der Waals surface area contributed by atoms with Gasteiger partial charge in [0.05, 0.1) is 28.9 Å². The number of hydrogen-bond acceptors (Lipinski definition) is 8. The normalized spacial score (nSPS) is 12.0. The average Bonchev–Trinajstić information content (AvgIpc) is 3.48. The van der Waals surface area contributed by atoms with Crippen LogP contribution in [0.5, 0.6) is 0 Å². The zero-order chi connectivity index (χ0) is 20.1. The lowest BCUT2D eigenvalue weighted by atomic mass is 10.1. The Labute approximate surface area is 180 Å². The summed E-state index contributed by atoms with van der Waals surface area (Å²) in [6, 6.07) is 13.8. The van der Waals surface area contributed by atoms with Crippen LogP contribution < -0.4 is 5.32 Å². The third-order valence-corrected chi connectivity index (χ3v) is 6.62. The van der Waals surface area contributed by atoms with E-state index in [0.29, 0.717) is 17.5 Å². The van der Waals surface area contributed by atoms with Gasteiger partial charge in [-0.2, -0.15) is 0 Å². The van der Waals surface area contributed by atoms with Gasteiger partial charge in [0, 0.05) is 10.3 Å². The molecule has 0 radical (unpaired) electrons. The zero-order valence-electron chi connectivity index (χ0n) is 15.6. The van der Waals surface area contributed by atoms with Gasteiger partial charge < -0.3 is 9.73 Å². The molecule has 0 aliphatic rings. The van der Waals surface area contributed by atoms with Crippen molar-refractivity contribution in [3.8, 4) is 0 Å². The largest absolute Gasteiger partial charge is 0.416 e. The Bertz CT molecular complexity index is 1060. The molecule has 0 fully saturated rings. The summed E-state index contributed by atoms with van der Waals surface area (Å²) >= 11 is 4.44. The van der Waals surface area contributed by atoms with Gasteiger partial charge in [0.1, 0.15) is 0 Å². The Morgan fingerprint density at radius 3 is 2.76 bits per heavy atom. The van der Waals surface area contributed by atoms with E-state index in [1.165, 1.54) is 11.8 Å². The van der Waals surface area contributed by atoms with Crippen molar-refractivity contribution in [3.63, 3.8) is 0 Å². The average molecular weight is 443 g/mol. The van der Waals surface area contributed by atoms with Crippen LogP contribution in [0.2, 0.25) is 0 Å². The van der Waals surface area contributed by atoms with E-state index in [1.54, 1.807) is 22.7 Å². The minimum Gasteiger partial charge on any atom is -0.416 e. The summed E-state index contributed by atoms with van der Waals surface area (Å²) in [6.45, 7) is 1.96. The molecule has 0 saturated heterocycles. The Morgan fingerprint density at radius 2 is 2.03 bits per heavy atom. The van der Waals surface area contributed by atoms with Crippen LogP contribution in [0.15, 0.2) is 62.9 Å². The molecule has 1 amide bonds. The highest BCUT2D eigenvalue weighted by molar-refractivity contribution is 7.99. The number of nitrogens with one attached hydrogen (secondary N) is 1. The number of amides is 1. The van der Waals surface area contributed by atoms with Crippen LogP contribution >= 0.6 is 34.4 Å². The minimum absolute atomic E-state index is 0.0906. The summed E-state index contributed by atoms with van der Waals surface area (Å²) in [5.74, 6) is 0.609. The molecule has 0 bridgehead atoms. The van der Waals surface area contributed by atoms with Crippen molar-refractivity contribution < 1.29 is 9.21 Å². The van der Waals surface area contributed by atoms with Crippen LogP contribution in [0.25, 0.3) is 0 Å². The molecule has 0 spiro atoms. The van der Waals surface area contributed by atoms with E-state index >= 15 is 0 Å². The fourth-order valence-corrected chi connectivity index (χ4v) is 4.77. The van der Waals surface area contributed by atoms with Gasteiger partial charge in [-0.15, -0.1) is 32.9 Å². The molecule has 1 aromatic carbocycles. The van der Waals surface area contributed by atoms with Crippen LogP contribution in [0.4, 0.5) is 0 Å². The van der Waals surface area contributed by atoms with Gasteiger partial charge >= 0.3 is 0 Å². The van der Waals surface area contributed by atoms with Crippen molar-refractivity contribution >= 4 is 40.3 Å².